The standard InChI is InChI=1S/C50H37N3.C2H6/c1-30-16-5-8-20-36(30)47-33(4)51-50(48(52-47)42-26-15-19-34-17-7-10-22-39(34)42)53-44-27-14-13-25-43(44)46-41-24-12-11-23-40(41)45(32(3)49(46)53)38-29-28-35-18-6-9-21-37(35)31(38)2;1-2/h5-29H,1-4H3;1-2H3. The maximum atomic E-state index is 5.63. The van der Waals surface area contributed by atoms with Gasteiger partial charge in [-0.25, -0.2) is 9.97 Å². The summed E-state index contributed by atoms with van der Waals surface area (Å²) >= 11 is 0. The summed E-state index contributed by atoms with van der Waals surface area (Å²) in [5.41, 5.74) is 13.3. The minimum absolute atomic E-state index is 0.835. The molecule has 0 aliphatic heterocycles. The largest absolute Gasteiger partial charge is 0.292 e. The van der Waals surface area contributed by atoms with Crippen LogP contribution in [0.5, 0.6) is 0 Å². The van der Waals surface area contributed by atoms with Crippen LogP contribution in [0.4, 0.5) is 0 Å². The van der Waals surface area contributed by atoms with E-state index in [-0.39, 0.29) is 0 Å². The van der Waals surface area contributed by atoms with E-state index in [4.69, 9.17) is 9.97 Å². The van der Waals surface area contributed by atoms with E-state index in [2.05, 4.69) is 184 Å². The van der Waals surface area contributed by atoms with Gasteiger partial charge in [0.25, 0.3) is 0 Å². The van der Waals surface area contributed by atoms with Gasteiger partial charge in [0, 0.05) is 21.9 Å². The van der Waals surface area contributed by atoms with Crippen molar-refractivity contribution < 1.29 is 0 Å². The number of aryl methyl sites for hydroxylation is 4. The van der Waals surface area contributed by atoms with Gasteiger partial charge in [0.15, 0.2) is 5.82 Å². The smallest absolute Gasteiger partial charge is 0.164 e. The van der Waals surface area contributed by atoms with Crippen LogP contribution in [0.3, 0.4) is 0 Å². The highest BCUT2D eigenvalue weighted by atomic mass is 15.1. The third-order valence-electron chi connectivity index (χ3n) is 11.2. The van der Waals surface area contributed by atoms with Gasteiger partial charge in [0.1, 0.15) is 5.69 Å². The molecule has 0 saturated carbocycles. The topological polar surface area (TPSA) is 30.7 Å². The van der Waals surface area contributed by atoms with Crippen molar-refractivity contribution in [2.75, 3.05) is 0 Å². The van der Waals surface area contributed by atoms with Crippen LogP contribution in [0.25, 0.3) is 93.6 Å². The van der Waals surface area contributed by atoms with Gasteiger partial charge >= 0.3 is 0 Å². The molecule has 0 amide bonds. The lowest BCUT2D eigenvalue weighted by molar-refractivity contribution is 1.01. The summed E-state index contributed by atoms with van der Waals surface area (Å²) in [5.74, 6) is 0.835. The van der Waals surface area contributed by atoms with Gasteiger partial charge in [0.2, 0.25) is 0 Å². The fourth-order valence-corrected chi connectivity index (χ4v) is 8.74. The Morgan fingerprint density at radius 3 is 1.76 bits per heavy atom. The number of nitrogens with zero attached hydrogens (tertiary/aromatic N) is 3. The van der Waals surface area contributed by atoms with Crippen molar-refractivity contribution in [3.8, 4) is 39.5 Å². The number of aromatic nitrogens is 3. The zero-order chi connectivity index (χ0) is 37.8. The third-order valence-corrected chi connectivity index (χ3v) is 11.2. The molecule has 0 fully saturated rings. The van der Waals surface area contributed by atoms with E-state index in [0.29, 0.717) is 0 Å². The Bertz CT molecular complexity index is 3100. The van der Waals surface area contributed by atoms with Crippen LogP contribution in [0, 0.1) is 27.7 Å². The van der Waals surface area contributed by atoms with Crippen molar-refractivity contribution in [3.63, 3.8) is 0 Å². The van der Waals surface area contributed by atoms with Crippen LogP contribution in [0.2, 0.25) is 0 Å². The van der Waals surface area contributed by atoms with Crippen LogP contribution in [-0.4, -0.2) is 14.5 Å². The number of fused-ring (bicyclic) bond motifs is 7. The Morgan fingerprint density at radius 1 is 0.418 bits per heavy atom. The molecule has 0 N–H and O–H groups in total. The molecule has 2 aromatic heterocycles. The quantitative estimate of drug-likeness (QED) is 0.182. The molecular weight excluding hydrogens is 667 g/mol. The van der Waals surface area contributed by atoms with Gasteiger partial charge in [-0.3, -0.25) is 4.57 Å². The fourth-order valence-electron chi connectivity index (χ4n) is 8.74. The molecule has 10 rings (SSSR count). The summed E-state index contributed by atoms with van der Waals surface area (Å²) < 4.78 is 2.41. The summed E-state index contributed by atoms with van der Waals surface area (Å²) in [6.45, 7) is 12.8. The molecule has 0 radical (unpaired) electrons. The number of benzene rings is 8. The van der Waals surface area contributed by atoms with Gasteiger partial charge in [-0.15, -0.1) is 0 Å². The van der Waals surface area contributed by atoms with Gasteiger partial charge < -0.3 is 0 Å². The van der Waals surface area contributed by atoms with Crippen molar-refractivity contribution in [1.29, 1.82) is 0 Å². The fraction of sp³-hybridized carbons (Fsp3) is 0.115. The average Bonchev–Trinajstić information content (AvgIpc) is 3.58. The van der Waals surface area contributed by atoms with Crippen LogP contribution in [0.1, 0.15) is 36.2 Å². The highest BCUT2D eigenvalue weighted by Gasteiger charge is 2.26. The summed E-state index contributed by atoms with van der Waals surface area (Å²) in [6.07, 6.45) is 0. The maximum Gasteiger partial charge on any atom is 0.164 e. The van der Waals surface area contributed by atoms with E-state index in [0.717, 1.165) is 50.4 Å². The summed E-state index contributed by atoms with van der Waals surface area (Å²) in [5, 5.41) is 9.79. The van der Waals surface area contributed by atoms with Gasteiger partial charge in [-0.2, -0.15) is 0 Å². The first kappa shape index (κ1) is 34.2. The summed E-state index contributed by atoms with van der Waals surface area (Å²) in [6, 6.07) is 54.6. The minimum atomic E-state index is 0.835. The monoisotopic (exact) mass is 709 g/mol. The van der Waals surface area contributed by atoms with Crippen molar-refractivity contribution in [1.82, 2.24) is 14.5 Å². The molecule has 0 spiro atoms. The van der Waals surface area contributed by atoms with Crippen LogP contribution in [0.15, 0.2) is 152 Å². The lowest BCUT2D eigenvalue weighted by atomic mass is 9.87. The SMILES string of the molecule is CC.Cc1ccccc1-c1nc(-c2cccc3ccccc23)c(-n2c3ccccc3c3c4ccccc4c(-c4ccc5ccccc5c4C)c(C)c32)nc1C. The molecule has 3 heteroatoms. The molecule has 0 bridgehead atoms. The minimum Gasteiger partial charge on any atom is -0.292 e. The van der Waals surface area contributed by atoms with E-state index in [1.165, 1.54) is 65.5 Å². The van der Waals surface area contributed by atoms with E-state index >= 15 is 0 Å². The predicted molar refractivity (Wildman–Crippen MR) is 235 cm³/mol. The number of hydrogen-bond acceptors (Lipinski definition) is 2. The summed E-state index contributed by atoms with van der Waals surface area (Å²) in [7, 11) is 0. The Morgan fingerprint density at radius 2 is 1.00 bits per heavy atom. The Labute approximate surface area is 322 Å². The van der Waals surface area contributed by atoms with Crippen LogP contribution < -0.4 is 0 Å². The summed E-state index contributed by atoms with van der Waals surface area (Å²) in [4.78, 5) is 11.2. The van der Waals surface area contributed by atoms with Crippen molar-refractivity contribution in [2.45, 2.75) is 41.5 Å². The molecule has 8 aromatic carbocycles. The number of hydrogen-bond donors (Lipinski definition) is 0. The molecule has 2 heterocycles. The van der Waals surface area contributed by atoms with Crippen molar-refractivity contribution in [3.05, 3.63) is 174 Å². The molecule has 3 nitrogen and oxygen atoms in total. The molecular formula is C52H43N3. The number of para-hydroxylation sites is 1. The van der Waals surface area contributed by atoms with E-state index in [1.807, 2.05) is 13.8 Å². The van der Waals surface area contributed by atoms with E-state index in [1.54, 1.807) is 0 Å². The van der Waals surface area contributed by atoms with Crippen LogP contribution >= 0.6 is 0 Å². The second kappa shape index (κ2) is 13.7. The van der Waals surface area contributed by atoms with Crippen molar-refractivity contribution in [2.24, 2.45) is 0 Å². The predicted octanol–water partition coefficient (Wildman–Crippen LogP) is 14.3. The van der Waals surface area contributed by atoms with Crippen molar-refractivity contribution >= 4 is 54.1 Å². The highest BCUT2D eigenvalue weighted by molar-refractivity contribution is 6.26. The highest BCUT2D eigenvalue weighted by Crippen LogP contribution is 2.47. The zero-order valence-electron chi connectivity index (χ0n) is 32.3. The average molecular weight is 710 g/mol. The second-order valence-electron chi connectivity index (χ2n) is 14.3. The lowest BCUT2D eigenvalue weighted by Crippen LogP contribution is -2.08. The van der Waals surface area contributed by atoms with E-state index < -0.39 is 0 Å². The zero-order valence-corrected chi connectivity index (χ0v) is 32.3. The van der Waals surface area contributed by atoms with Gasteiger partial charge in [0.05, 0.1) is 22.4 Å². The molecule has 0 aliphatic carbocycles. The lowest BCUT2D eigenvalue weighted by Gasteiger charge is -2.20. The third kappa shape index (κ3) is 5.33. The van der Waals surface area contributed by atoms with Gasteiger partial charge in [-0.1, -0.05) is 159 Å². The van der Waals surface area contributed by atoms with E-state index in [9.17, 15) is 0 Å². The normalized spacial score (nSPS) is 11.5. The Balaban J connectivity index is 0.00000195. The molecule has 55 heavy (non-hydrogen) atoms. The maximum absolute atomic E-state index is 5.63. The molecule has 0 saturated heterocycles. The number of rotatable bonds is 4. The first-order valence-corrected chi connectivity index (χ1v) is 19.4. The Kier molecular flexibility index (Phi) is 8.51. The van der Waals surface area contributed by atoms with Gasteiger partial charge in [-0.05, 0) is 93.9 Å². The molecule has 0 aliphatic rings. The molecule has 266 valence electrons. The first-order chi connectivity index (χ1) is 27.0. The van der Waals surface area contributed by atoms with Crippen LogP contribution in [-0.2, 0) is 0 Å². The first-order valence-electron chi connectivity index (χ1n) is 19.4. The molecule has 10 aromatic rings. The second-order valence-corrected chi connectivity index (χ2v) is 14.3. The Hall–Kier alpha value is -6.58. The molecule has 0 atom stereocenters. The molecule has 0 unspecified atom stereocenters.